The Kier molecular flexibility index (Phi) is 4.36. The van der Waals surface area contributed by atoms with Gasteiger partial charge in [-0.15, -0.1) is 0 Å². The lowest BCUT2D eigenvalue weighted by Crippen LogP contribution is -2.68. The van der Waals surface area contributed by atoms with E-state index in [-0.39, 0.29) is 11.8 Å². The molecule has 1 aliphatic heterocycles. The Morgan fingerprint density at radius 1 is 1.38 bits per heavy atom. The number of amides is 2. The van der Waals surface area contributed by atoms with Crippen molar-refractivity contribution in [3.63, 3.8) is 0 Å². The van der Waals surface area contributed by atoms with Crippen LogP contribution in [0, 0.1) is 6.92 Å². The zero-order valence-corrected chi connectivity index (χ0v) is 14.8. The molecule has 1 aromatic rings. The van der Waals surface area contributed by atoms with Crippen LogP contribution < -0.4 is 10.2 Å². The van der Waals surface area contributed by atoms with Crippen molar-refractivity contribution in [3.8, 4) is 0 Å². The molecule has 1 heterocycles. The van der Waals surface area contributed by atoms with E-state index in [9.17, 15) is 9.59 Å². The molecule has 4 nitrogen and oxygen atoms in total. The zero-order chi connectivity index (χ0) is 15.9. The third-order valence-electron chi connectivity index (χ3n) is 3.68. The lowest BCUT2D eigenvalue weighted by atomic mass is 9.95. The molecule has 0 spiro atoms. The van der Waals surface area contributed by atoms with Crippen LogP contribution in [-0.4, -0.2) is 23.4 Å². The van der Waals surface area contributed by atoms with Crippen LogP contribution in [-0.2, 0) is 9.59 Å². The molecule has 1 aromatic carbocycles. The van der Waals surface area contributed by atoms with Gasteiger partial charge in [0, 0.05) is 9.50 Å². The van der Waals surface area contributed by atoms with Crippen LogP contribution in [0.15, 0.2) is 16.6 Å². The molecule has 1 atom stereocenters. The normalized spacial score (nSPS) is 21.4. The topological polar surface area (TPSA) is 49.4 Å². The molecule has 0 aliphatic carbocycles. The fourth-order valence-corrected chi connectivity index (χ4v) is 3.28. The molecular formula is C15H18BrClN2O2. The van der Waals surface area contributed by atoms with E-state index in [1.807, 2.05) is 19.9 Å². The fourth-order valence-electron chi connectivity index (χ4n) is 2.47. The molecule has 6 heteroatoms. The van der Waals surface area contributed by atoms with E-state index in [2.05, 4.69) is 21.2 Å². The number of piperazine rings is 1. The summed E-state index contributed by atoms with van der Waals surface area (Å²) in [6.45, 7) is 7.18. The summed E-state index contributed by atoms with van der Waals surface area (Å²) in [5.74, 6) is -0.291. The fraction of sp³-hybridized carbons (Fsp3) is 0.467. The van der Waals surface area contributed by atoms with E-state index in [4.69, 9.17) is 11.6 Å². The highest BCUT2D eigenvalue weighted by molar-refractivity contribution is 9.10. The lowest BCUT2D eigenvalue weighted by Gasteiger charge is -2.43. The molecule has 1 saturated heterocycles. The predicted octanol–water partition coefficient (Wildman–Crippen LogP) is 3.43. The van der Waals surface area contributed by atoms with E-state index in [0.717, 1.165) is 10.0 Å². The van der Waals surface area contributed by atoms with E-state index >= 15 is 0 Å². The maximum atomic E-state index is 12.8. The summed E-state index contributed by atoms with van der Waals surface area (Å²) in [5.41, 5.74) is 0.610. The van der Waals surface area contributed by atoms with Crippen LogP contribution in [0.1, 0.15) is 32.8 Å². The van der Waals surface area contributed by atoms with Gasteiger partial charge in [-0.3, -0.25) is 14.5 Å². The molecule has 0 aromatic heterocycles. The van der Waals surface area contributed by atoms with Crippen molar-refractivity contribution in [2.75, 3.05) is 4.90 Å². The number of nitrogens with zero attached hydrogens (tertiary/aromatic N) is 1. The van der Waals surface area contributed by atoms with Crippen molar-refractivity contribution in [2.45, 2.75) is 45.7 Å². The second kappa shape index (κ2) is 5.61. The summed E-state index contributed by atoms with van der Waals surface area (Å²) in [6, 6.07) is 3.06. The molecule has 1 unspecified atom stereocenters. The first-order valence-corrected chi connectivity index (χ1v) is 7.97. The van der Waals surface area contributed by atoms with E-state index in [1.165, 1.54) is 0 Å². The van der Waals surface area contributed by atoms with Gasteiger partial charge >= 0.3 is 0 Å². The van der Waals surface area contributed by atoms with Crippen LogP contribution in [0.5, 0.6) is 0 Å². The van der Waals surface area contributed by atoms with E-state index < -0.39 is 11.6 Å². The molecule has 0 bridgehead atoms. The summed E-state index contributed by atoms with van der Waals surface area (Å²) < 4.78 is 0.752. The summed E-state index contributed by atoms with van der Waals surface area (Å²) in [4.78, 5) is 26.6. The van der Waals surface area contributed by atoms with Gasteiger partial charge in [0.25, 0.3) is 5.91 Å². The molecule has 114 valence electrons. The van der Waals surface area contributed by atoms with Gasteiger partial charge in [0.15, 0.2) is 0 Å². The Bertz CT molecular complexity index is 616. The van der Waals surface area contributed by atoms with Gasteiger partial charge in [-0.25, -0.2) is 0 Å². The number of nitrogens with one attached hydrogen (secondary N) is 1. The molecule has 1 N–H and O–H groups in total. The van der Waals surface area contributed by atoms with Crippen molar-refractivity contribution in [1.29, 1.82) is 0 Å². The second-order valence-corrected chi connectivity index (χ2v) is 7.03. The summed E-state index contributed by atoms with van der Waals surface area (Å²) >= 11 is 9.67. The monoisotopic (exact) mass is 372 g/mol. The van der Waals surface area contributed by atoms with Gasteiger partial charge in [0.2, 0.25) is 5.91 Å². The summed E-state index contributed by atoms with van der Waals surface area (Å²) in [5, 5.41) is 3.34. The van der Waals surface area contributed by atoms with Crippen molar-refractivity contribution in [3.05, 3.63) is 27.2 Å². The van der Waals surface area contributed by atoms with Gasteiger partial charge in [-0.05, 0) is 60.8 Å². The van der Waals surface area contributed by atoms with Crippen molar-refractivity contribution in [1.82, 2.24) is 5.32 Å². The lowest BCUT2D eigenvalue weighted by molar-refractivity contribution is -0.137. The highest BCUT2D eigenvalue weighted by Crippen LogP contribution is 2.36. The van der Waals surface area contributed by atoms with Crippen LogP contribution in [0.25, 0.3) is 0 Å². The minimum atomic E-state index is -0.931. The summed E-state index contributed by atoms with van der Waals surface area (Å²) in [7, 11) is 0. The van der Waals surface area contributed by atoms with Gasteiger partial charge in [-0.2, -0.15) is 0 Å². The maximum absolute atomic E-state index is 12.8. The van der Waals surface area contributed by atoms with Crippen molar-refractivity contribution < 1.29 is 9.59 Å². The average molecular weight is 374 g/mol. The van der Waals surface area contributed by atoms with Crippen LogP contribution >= 0.6 is 27.5 Å². The Labute approximate surface area is 138 Å². The second-order valence-electron chi connectivity index (χ2n) is 5.77. The third-order valence-corrected chi connectivity index (χ3v) is 4.72. The van der Waals surface area contributed by atoms with Crippen LogP contribution in [0.3, 0.4) is 0 Å². The first-order valence-electron chi connectivity index (χ1n) is 6.80. The summed E-state index contributed by atoms with van der Waals surface area (Å²) in [6.07, 6.45) is 0.533. The van der Waals surface area contributed by atoms with Crippen LogP contribution in [0.4, 0.5) is 5.69 Å². The minimum Gasteiger partial charge on any atom is -0.340 e. The number of benzene rings is 1. The van der Waals surface area contributed by atoms with Gasteiger partial charge in [0.1, 0.15) is 11.6 Å². The number of halogens is 2. The minimum absolute atomic E-state index is 0.144. The standard InChI is InChI=1S/C15H18BrClN2O2/c1-5-11-13(20)18-15(3,4)14(21)19(11)12-7-10(17)8(2)6-9(12)16/h6-7,11H,5H2,1-4H3,(H,18,20). The SMILES string of the molecule is CCC1C(=O)NC(C)(C)C(=O)N1c1cc(Cl)c(C)cc1Br. The van der Waals surface area contributed by atoms with E-state index in [1.54, 1.807) is 24.8 Å². The number of anilines is 1. The van der Waals surface area contributed by atoms with Gasteiger partial charge < -0.3 is 5.32 Å². The quantitative estimate of drug-likeness (QED) is 0.863. The Hall–Kier alpha value is -1.07. The molecule has 21 heavy (non-hydrogen) atoms. The highest BCUT2D eigenvalue weighted by Gasteiger charge is 2.45. The molecule has 0 radical (unpaired) electrons. The van der Waals surface area contributed by atoms with Crippen LogP contribution in [0.2, 0.25) is 5.02 Å². The third kappa shape index (κ3) is 2.81. The molecule has 2 amide bonds. The zero-order valence-electron chi connectivity index (χ0n) is 12.5. The molecule has 1 aliphatic rings. The smallest absolute Gasteiger partial charge is 0.252 e. The number of hydrogen-bond donors (Lipinski definition) is 1. The first-order chi connectivity index (χ1) is 9.69. The number of aryl methyl sites for hydroxylation is 1. The number of carbonyl (C=O) groups excluding carboxylic acids is 2. The maximum Gasteiger partial charge on any atom is 0.252 e. The predicted molar refractivity (Wildman–Crippen MR) is 87.7 cm³/mol. The van der Waals surface area contributed by atoms with E-state index in [0.29, 0.717) is 17.1 Å². The Balaban J connectivity index is 2.59. The molecular weight excluding hydrogens is 356 g/mol. The average Bonchev–Trinajstić information content (AvgIpc) is 2.38. The molecule has 2 rings (SSSR count). The van der Waals surface area contributed by atoms with Crippen molar-refractivity contribution >= 4 is 45.0 Å². The van der Waals surface area contributed by atoms with Gasteiger partial charge in [0.05, 0.1) is 5.69 Å². The van der Waals surface area contributed by atoms with Crippen molar-refractivity contribution in [2.24, 2.45) is 0 Å². The Morgan fingerprint density at radius 3 is 2.57 bits per heavy atom. The largest absolute Gasteiger partial charge is 0.340 e. The number of hydrogen-bond acceptors (Lipinski definition) is 2. The highest BCUT2D eigenvalue weighted by atomic mass is 79.9. The molecule has 0 saturated carbocycles. The van der Waals surface area contributed by atoms with Gasteiger partial charge in [-0.1, -0.05) is 18.5 Å². The Morgan fingerprint density at radius 2 is 2.00 bits per heavy atom. The number of carbonyl (C=O) groups is 2. The molecule has 1 fully saturated rings. The first kappa shape index (κ1) is 16.3. The number of rotatable bonds is 2.